The maximum Gasteiger partial charge on any atom is 0.191 e. The average Bonchev–Trinajstić information content (AvgIpc) is 3.23. The lowest BCUT2D eigenvalue weighted by molar-refractivity contribution is 0.414. The van der Waals surface area contributed by atoms with Gasteiger partial charge in [0.05, 0.1) is 12.8 Å². The Morgan fingerprint density at radius 2 is 1.86 bits per heavy atom. The molecule has 1 atom stereocenters. The number of guanidine groups is 1. The zero-order valence-electron chi connectivity index (χ0n) is 17.2. The second-order valence-electron chi connectivity index (χ2n) is 7.20. The van der Waals surface area contributed by atoms with Gasteiger partial charge in [-0.05, 0) is 42.0 Å². The van der Waals surface area contributed by atoms with Crippen LogP contribution in [0.3, 0.4) is 0 Å². The van der Waals surface area contributed by atoms with Gasteiger partial charge in [-0.1, -0.05) is 43.3 Å². The summed E-state index contributed by atoms with van der Waals surface area (Å²) in [6.07, 6.45) is 2.21. The minimum Gasteiger partial charge on any atom is -0.495 e. The van der Waals surface area contributed by atoms with Crippen molar-refractivity contribution >= 4 is 11.6 Å². The molecule has 2 aromatic rings. The van der Waals surface area contributed by atoms with Gasteiger partial charge < -0.3 is 20.3 Å². The molecule has 1 saturated heterocycles. The second-order valence-corrected chi connectivity index (χ2v) is 7.20. The third kappa shape index (κ3) is 4.97. The molecule has 1 fully saturated rings. The van der Waals surface area contributed by atoms with Gasteiger partial charge in [-0.3, -0.25) is 4.99 Å². The molecule has 0 saturated carbocycles. The number of anilines is 1. The monoisotopic (exact) mass is 380 g/mol. The van der Waals surface area contributed by atoms with E-state index in [4.69, 9.17) is 4.74 Å². The first kappa shape index (κ1) is 20.1. The van der Waals surface area contributed by atoms with Gasteiger partial charge in [0.25, 0.3) is 0 Å². The Morgan fingerprint density at radius 3 is 2.61 bits per heavy atom. The third-order valence-corrected chi connectivity index (χ3v) is 5.44. The Bertz CT molecular complexity index is 790. The zero-order valence-corrected chi connectivity index (χ0v) is 17.2. The van der Waals surface area contributed by atoms with Crippen LogP contribution in [0.1, 0.15) is 24.5 Å². The first-order chi connectivity index (χ1) is 13.7. The van der Waals surface area contributed by atoms with Gasteiger partial charge in [0.2, 0.25) is 0 Å². The predicted molar refractivity (Wildman–Crippen MR) is 117 cm³/mol. The number of para-hydroxylation sites is 2. The number of benzene rings is 2. The third-order valence-electron chi connectivity index (χ3n) is 5.44. The number of methoxy groups -OCH3 is 1. The highest BCUT2D eigenvalue weighted by atomic mass is 16.5. The summed E-state index contributed by atoms with van der Waals surface area (Å²) < 4.78 is 5.51. The van der Waals surface area contributed by atoms with E-state index in [1.165, 1.54) is 23.2 Å². The largest absolute Gasteiger partial charge is 0.495 e. The standard InChI is InChI=1S/C23H32N4O/c1-4-19-9-5-6-10-20(19)16-26-23(24-2)25-15-18-13-14-27(17-18)21-11-7-8-12-22(21)28-3/h5-12,18H,4,13-17H2,1-3H3,(H2,24,25,26). The lowest BCUT2D eigenvalue weighted by Gasteiger charge is -2.21. The Kier molecular flexibility index (Phi) is 7.18. The summed E-state index contributed by atoms with van der Waals surface area (Å²) in [5.74, 6) is 2.40. The number of rotatable bonds is 7. The van der Waals surface area contributed by atoms with E-state index in [-0.39, 0.29) is 0 Å². The van der Waals surface area contributed by atoms with E-state index in [1.54, 1.807) is 7.11 Å². The van der Waals surface area contributed by atoms with Crippen LogP contribution in [-0.4, -0.2) is 39.8 Å². The number of nitrogens with one attached hydrogen (secondary N) is 2. The maximum atomic E-state index is 5.51. The number of hydrogen-bond donors (Lipinski definition) is 2. The molecule has 28 heavy (non-hydrogen) atoms. The normalized spacial score (nSPS) is 16.9. The van der Waals surface area contributed by atoms with Gasteiger partial charge in [0, 0.05) is 33.2 Å². The highest BCUT2D eigenvalue weighted by molar-refractivity contribution is 5.79. The molecular weight excluding hydrogens is 348 g/mol. The van der Waals surface area contributed by atoms with Crippen LogP contribution in [0.25, 0.3) is 0 Å². The van der Waals surface area contributed by atoms with Crippen LogP contribution in [0, 0.1) is 5.92 Å². The van der Waals surface area contributed by atoms with Crippen LogP contribution < -0.4 is 20.3 Å². The van der Waals surface area contributed by atoms with Gasteiger partial charge >= 0.3 is 0 Å². The summed E-state index contributed by atoms with van der Waals surface area (Å²) in [6.45, 7) is 5.99. The smallest absolute Gasteiger partial charge is 0.191 e. The van der Waals surface area contributed by atoms with E-state index >= 15 is 0 Å². The highest BCUT2D eigenvalue weighted by Gasteiger charge is 2.24. The lowest BCUT2D eigenvalue weighted by atomic mass is 10.1. The summed E-state index contributed by atoms with van der Waals surface area (Å²) >= 11 is 0. The second kappa shape index (κ2) is 10.0. The number of aliphatic imine (C=N–C) groups is 1. The lowest BCUT2D eigenvalue weighted by Crippen LogP contribution is -2.40. The molecule has 1 aliphatic heterocycles. The van der Waals surface area contributed by atoms with Crippen LogP contribution in [0.4, 0.5) is 5.69 Å². The summed E-state index contributed by atoms with van der Waals surface area (Å²) in [5, 5.41) is 6.95. The molecule has 1 heterocycles. The Labute approximate surface area is 168 Å². The quantitative estimate of drug-likeness (QED) is 0.571. The SMILES string of the molecule is CCc1ccccc1CNC(=NC)NCC1CCN(c2ccccc2OC)C1. The first-order valence-corrected chi connectivity index (χ1v) is 10.1. The minimum atomic E-state index is 0.589. The minimum absolute atomic E-state index is 0.589. The van der Waals surface area contributed by atoms with E-state index in [0.29, 0.717) is 5.92 Å². The predicted octanol–water partition coefficient (Wildman–Crippen LogP) is 3.45. The number of ether oxygens (including phenoxy) is 1. The summed E-state index contributed by atoms with van der Waals surface area (Å²) in [6, 6.07) is 16.8. The molecule has 5 heteroatoms. The van der Waals surface area contributed by atoms with Gasteiger partial charge in [-0.15, -0.1) is 0 Å². The molecule has 1 aliphatic rings. The van der Waals surface area contributed by atoms with Crippen molar-refractivity contribution in [1.29, 1.82) is 0 Å². The molecule has 3 rings (SSSR count). The van der Waals surface area contributed by atoms with Crippen LogP contribution in [0.15, 0.2) is 53.5 Å². The topological polar surface area (TPSA) is 48.9 Å². The molecule has 1 unspecified atom stereocenters. The highest BCUT2D eigenvalue weighted by Crippen LogP contribution is 2.31. The summed E-state index contributed by atoms with van der Waals surface area (Å²) in [5.41, 5.74) is 3.90. The molecule has 2 N–H and O–H groups in total. The fraction of sp³-hybridized carbons (Fsp3) is 0.435. The molecule has 0 aromatic heterocycles. The van der Waals surface area contributed by atoms with E-state index in [1.807, 2.05) is 19.2 Å². The van der Waals surface area contributed by atoms with E-state index in [0.717, 1.165) is 44.3 Å². The van der Waals surface area contributed by atoms with Crippen molar-refractivity contribution in [2.45, 2.75) is 26.3 Å². The maximum absolute atomic E-state index is 5.51. The molecule has 0 amide bonds. The van der Waals surface area contributed by atoms with Crippen LogP contribution in [0.5, 0.6) is 5.75 Å². The molecule has 0 spiro atoms. The molecule has 0 aliphatic carbocycles. The van der Waals surface area contributed by atoms with E-state index in [9.17, 15) is 0 Å². The first-order valence-electron chi connectivity index (χ1n) is 10.1. The fourth-order valence-electron chi connectivity index (χ4n) is 3.82. The van der Waals surface area contributed by atoms with Crippen molar-refractivity contribution in [3.05, 3.63) is 59.7 Å². The fourth-order valence-corrected chi connectivity index (χ4v) is 3.82. The molecular formula is C23H32N4O. The van der Waals surface area contributed by atoms with E-state index in [2.05, 4.69) is 63.8 Å². The molecule has 0 bridgehead atoms. The van der Waals surface area contributed by atoms with Crippen molar-refractivity contribution in [2.24, 2.45) is 10.9 Å². The zero-order chi connectivity index (χ0) is 19.8. The molecule has 0 radical (unpaired) electrons. The Balaban J connectivity index is 1.49. The van der Waals surface area contributed by atoms with Crippen molar-refractivity contribution in [1.82, 2.24) is 10.6 Å². The van der Waals surface area contributed by atoms with Crippen LogP contribution >= 0.6 is 0 Å². The van der Waals surface area contributed by atoms with Crippen LogP contribution in [0.2, 0.25) is 0 Å². The van der Waals surface area contributed by atoms with Gasteiger partial charge in [-0.2, -0.15) is 0 Å². The summed E-state index contributed by atoms with van der Waals surface area (Å²) in [7, 11) is 3.57. The summed E-state index contributed by atoms with van der Waals surface area (Å²) in [4.78, 5) is 6.80. The Morgan fingerprint density at radius 1 is 1.11 bits per heavy atom. The van der Waals surface area contributed by atoms with E-state index < -0.39 is 0 Å². The number of nitrogens with zero attached hydrogens (tertiary/aromatic N) is 2. The van der Waals surface area contributed by atoms with Crippen molar-refractivity contribution in [3.63, 3.8) is 0 Å². The van der Waals surface area contributed by atoms with Crippen molar-refractivity contribution in [3.8, 4) is 5.75 Å². The average molecular weight is 381 g/mol. The molecule has 5 nitrogen and oxygen atoms in total. The van der Waals surface area contributed by atoms with Crippen LogP contribution in [-0.2, 0) is 13.0 Å². The molecule has 150 valence electrons. The Hall–Kier alpha value is -2.69. The van der Waals surface area contributed by atoms with Gasteiger partial charge in [0.1, 0.15) is 5.75 Å². The van der Waals surface area contributed by atoms with Crippen molar-refractivity contribution in [2.75, 3.05) is 38.7 Å². The number of hydrogen-bond acceptors (Lipinski definition) is 3. The molecule has 2 aromatic carbocycles. The van der Waals surface area contributed by atoms with Gasteiger partial charge in [-0.25, -0.2) is 0 Å². The van der Waals surface area contributed by atoms with Gasteiger partial charge in [0.15, 0.2) is 5.96 Å². The number of aryl methyl sites for hydroxylation is 1. The van der Waals surface area contributed by atoms with Crippen molar-refractivity contribution < 1.29 is 4.74 Å².